The van der Waals surface area contributed by atoms with Gasteiger partial charge in [-0.15, -0.1) is 11.3 Å². The first-order valence-corrected chi connectivity index (χ1v) is 8.64. The largest absolute Gasteiger partial charge is 0.310 e. The number of hydrogen-bond acceptors (Lipinski definition) is 4. The predicted molar refractivity (Wildman–Crippen MR) is 83.7 cm³/mol. The van der Waals surface area contributed by atoms with E-state index in [1.807, 2.05) is 18.0 Å². The summed E-state index contributed by atoms with van der Waals surface area (Å²) in [5.41, 5.74) is 2.39. The minimum absolute atomic E-state index is 0.387. The van der Waals surface area contributed by atoms with Crippen molar-refractivity contribution >= 4 is 33.3 Å². The number of aromatic nitrogens is 1. The highest BCUT2D eigenvalue weighted by atomic mass is 32.2. The van der Waals surface area contributed by atoms with Crippen LogP contribution >= 0.6 is 23.1 Å². The van der Waals surface area contributed by atoms with Crippen LogP contribution in [-0.2, 0) is 0 Å². The van der Waals surface area contributed by atoms with Gasteiger partial charge in [-0.3, -0.25) is 4.98 Å². The van der Waals surface area contributed by atoms with Gasteiger partial charge in [0.05, 0.1) is 10.2 Å². The lowest BCUT2D eigenvalue weighted by Crippen LogP contribution is -2.20. The molecule has 0 bridgehead atoms. The van der Waals surface area contributed by atoms with Gasteiger partial charge in [0, 0.05) is 12.2 Å². The smallest absolute Gasteiger partial charge is 0.0809 e. The Kier molecular flexibility index (Phi) is 5.47. The summed E-state index contributed by atoms with van der Waals surface area (Å²) >= 11 is 3.68. The Balaban J connectivity index is 1.85. The minimum atomic E-state index is 0.387. The lowest BCUT2D eigenvalue weighted by atomic mass is 10.1. The zero-order valence-corrected chi connectivity index (χ0v) is 12.6. The first kappa shape index (κ1) is 13.8. The van der Waals surface area contributed by atoms with Crippen molar-refractivity contribution in [1.29, 1.82) is 0 Å². The fourth-order valence-electron chi connectivity index (χ4n) is 1.91. The summed E-state index contributed by atoms with van der Waals surface area (Å²) in [6.45, 7) is 3.30. The molecule has 18 heavy (non-hydrogen) atoms. The van der Waals surface area contributed by atoms with E-state index >= 15 is 0 Å². The maximum atomic E-state index is 4.49. The Bertz CT molecular complexity index is 481. The van der Waals surface area contributed by atoms with Gasteiger partial charge in [0.1, 0.15) is 0 Å². The van der Waals surface area contributed by atoms with Gasteiger partial charge in [-0.25, -0.2) is 0 Å². The highest BCUT2D eigenvalue weighted by molar-refractivity contribution is 7.98. The lowest BCUT2D eigenvalue weighted by molar-refractivity contribution is 0.555. The average molecular weight is 280 g/mol. The minimum Gasteiger partial charge on any atom is -0.310 e. The summed E-state index contributed by atoms with van der Waals surface area (Å²) in [6.07, 6.45) is 6.70. The number of fused-ring (bicyclic) bond motifs is 1. The van der Waals surface area contributed by atoms with Crippen LogP contribution in [-0.4, -0.2) is 23.5 Å². The van der Waals surface area contributed by atoms with E-state index in [4.69, 9.17) is 0 Å². The van der Waals surface area contributed by atoms with E-state index in [-0.39, 0.29) is 0 Å². The van der Waals surface area contributed by atoms with Gasteiger partial charge in [-0.1, -0.05) is 0 Å². The molecule has 0 spiro atoms. The monoisotopic (exact) mass is 280 g/mol. The maximum Gasteiger partial charge on any atom is 0.0809 e. The van der Waals surface area contributed by atoms with Crippen molar-refractivity contribution in [3.8, 4) is 0 Å². The fourth-order valence-corrected chi connectivity index (χ4v) is 3.19. The second kappa shape index (κ2) is 7.12. The molecule has 0 aliphatic heterocycles. The third kappa shape index (κ3) is 3.70. The van der Waals surface area contributed by atoms with Crippen molar-refractivity contribution in [2.24, 2.45) is 0 Å². The molecule has 2 rings (SSSR count). The van der Waals surface area contributed by atoms with Gasteiger partial charge in [0.2, 0.25) is 0 Å². The Morgan fingerprint density at radius 3 is 3.17 bits per heavy atom. The molecule has 1 atom stereocenters. The van der Waals surface area contributed by atoms with Gasteiger partial charge < -0.3 is 5.32 Å². The molecule has 1 N–H and O–H groups in total. The van der Waals surface area contributed by atoms with E-state index in [1.54, 1.807) is 11.3 Å². The topological polar surface area (TPSA) is 24.9 Å². The number of nitrogens with one attached hydrogen (secondary N) is 1. The van der Waals surface area contributed by atoms with Crippen molar-refractivity contribution in [3.63, 3.8) is 0 Å². The summed E-state index contributed by atoms with van der Waals surface area (Å²) < 4.78 is 1.28. The van der Waals surface area contributed by atoms with E-state index in [1.165, 1.54) is 28.9 Å². The van der Waals surface area contributed by atoms with E-state index < -0.39 is 0 Å². The molecule has 0 radical (unpaired) electrons. The molecule has 0 saturated heterocycles. The van der Waals surface area contributed by atoms with Crippen molar-refractivity contribution in [2.75, 3.05) is 18.6 Å². The number of pyridine rings is 1. The normalized spacial score (nSPS) is 13.0. The van der Waals surface area contributed by atoms with Crippen molar-refractivity contribution in [3.05, 3.63) is 29.3 Å². The second-order valence-corrected chi connectivity index (χ2v) is 6.38. The Hall–Kier alpha value is -0.580. The van der Waals surface area contributed by atoms with Gasteiger partial charge in [-0.2, -0.15) is 11.8 Å². The summed E-state index contributed by atoms with van der Waals surface area (Å²) in [4.78, 5) is 4.49. The molecule has 0 saturated carbocycles. The molecule has 4 heteroatoms. The highest BCUT2D eigenvalue weighted by Gasteiger charge is 2.06. The summed E-state index contributed by atoms with van der Waals surface area (Å²) in [5, 5.41) is 5.67. The number of thiophene rings is 1. The van der Waals surface area contributed by atoms with Crippen LogP contribution in [0.5, 0.6) is 0 Å². The van der Waals surface area contributed by atoms with Crippen molar-refractivity contribution in [2.45, 2.75) is 25.8 Å². The molecule has 2 heterocycles. The molecule has 0 aliphatic rings. The molecule has 0 fully saturated rings. The third-order valence-electron chi connectivity index (χ3n) is 3.05. The molecular weight excluding hydrogens is 260 g/mol. The van der Waals surface area contributed by atoms with Gasteiger partial charge >= 0.3 is 0 Å². The molecule has 2 aromatic rings. The predicted octanol–water partition coefficient (Wildman–Crippen LogP) is 4.09. The van der Waals surface area contributed by atoms with Crippen LogP contribution < -0.4 is 5.32 Å². The molecule has 2 aromatic heterocycles. The average Bonchev–Trinajstić information content (AvgIpc) is 2.85. The van der Waals surface area contributed by atoms with E-state index in [0.29, 0.717) is 6.04 Å². The Morgan fingerprint density at radius 1 is 1.44 bits per heavy atom. The van der Waals surface area contributed by atoms with E-state index in [2.05, 4.69) is 41.0 Å². The van der Waals surface area contributed by atoms with Crippen LogP contribution in [0, 0.1) is 0 Å². The molecular formula is C14H20N2S2. The SMILES string of the molecule is CSCCCCNC(C)c1cnc2ccsc2c1. The Morgan fingerprint density at radius 2 is 2.33 bits per heavy atom. The van der Waals surface area contributed by atoms with Crippen LogP contribution in [0.3, 0.4) is 0 Å². The summed E-state index contributed by atoms with van der Waals surface area (Å²) in [6, 6.07) is 4.72. The summed E-state index contributed by atoms with van der Waals surface area (Å²) in [5.74, 6) is 1.26. The van der Waals surface area contributed by atoms with Gasteiger partial charge in [-0.05, 0) is 61.4 Å². The number of hydrogen-bond donors (Lipinski definition) is 1. The second-order valence-electron chi connectivity index (χ2n) is 4.45. The lowest BCUT2D eigenvalue weighted by Gasteiger charge is -2.13. The zero-order chi connectivity index (χ0) is 12.8. The molecule has 2 nitrogen and oxygen atoms in total. The molecule has 0 aromatic carbocycles. The quantitative estimate of drug-likeness (QED) is 0.773. The van der Waals surface area contributed by atoms with Crippen LogP contribution in [0.15, 0.2) is 23.7 Å². The van der Waals surface area contributed by atoms with E-state index in [0.717, 1.165) is 12.1 Å². The standard InChI is InChI=1S/C14H20N2S2/c1-11(15-6-3-4-7-17-2)12-9-14-13(16-10-12)5-8-18-14/h5,8-11,15H,3-4,6-7H2,1-2H3. The number of thioether (sulfide) groups is 1. The number of unbranched alkanes of at least 4 members (excludes halogenated alkanes) is 1. The fraction of sp³-hybridized carbons (Fsp3) is 0.500. The zero-order valence-electron chi connectivity index (χ0n) is 11.0. The van der Waals surface area contributed by atoms with Crippen LogP contribution in [0.4, 0.5) is 0 Å². The molecule has 0 aliphatic carbocycles. The molecule has 1 unspecified atom stereocenters. The van der Waals surface area contributed by atoms with Crippen LogP contribution in [0.2, 0.25) is 0 Å². The summed E-state index contributed by atoms with van der Waals surface area (Å²) in [7, 11) is 0. The van der Waals surface area contributed by atoms with Crippen LogP contribution in [0.25, 0.3) is 10.2 Å². The van der Waals surface area contributed by atoms with Crippen molar-refractivity contribution < 1.29 is 0 Å². The first-order chi connectivity index (χ1) is 8.81. The van der Waals surface area contributed by atoms with Crippen molar-refractivity contribution in [1.82, 2.24) is 10.3 Å². The highest BCUT2D eigenvalue weighted by Crippen LogP contribution is 2.22. The molecule has 98 valence electrons. The van der Waals surface area contributed by atoms with Gasteiger partial charge in [0.15, 0.2) is 0 Å². The number of rotatable bonds is 7. The molecule has 0 amide bonds. The first-order valence-electron chi connectivity index (χ1n) is 6.36. The van der Waals surface area contributed by atoms with Crippen LogP contribution in [0.1, 0.15) is 31.4 Å². The third-order valence-corrected chi connectivity index (χ3v) is 4.60. The number of nitrogens with zero attached hydrogens (tertiary/aromatic N) is 1. The van der Waals surface area contributed by atoms with E-state index in [9.17, 15) is 0 Å². The maximum absolute atomic E-state index is 4.49. The van der Waals surface area contributed by atoms with Gasteiger partial charge in [0.25, 0.3) is 0 Å². The Labute approximate surface area is 117 Å².